The Morgan fingerprint density at radius 1 is 0.987 bits per heavy atom. The molecular formula is C51H62F2N13O9+. The number of carbonyl (C=O) groups is 3. The number of rotatable bonds is 20. The van der Waals surface area contributed by atoms with Crippen LogP contribution in [-0.4, -0.2) is 117 Å². The monoisotopic (exact) mass is 1040 g/mol. The number of aromatic nitrogens is 7. The molecule has 22 nitrogen and oxygen atoms in total. The summed E-state index contributed by atoms with van der Waals surface area (Å²) in [4.78, 5) is 59.9. The van der Waals surface area contributed by atoms with Crippen LogP contribution >= 0.6 is 0 Å². The van der Waals surface area contributed by atoms with Crippen LogP contribution in [0.25, 0.3) is 5.69 Å². The molecule has 2 aliphatic rings. The Kier molecular flexibility index (Phi) is 16.7. The number of amides is 3. The van der Waals surface area contributed by atoms with Gasteiger partial charge in [-0.2, -0.15) is 9.67 Å². The fraction of sp³-hybridized carbons (Fsp3) is 0.412. The molecule has 0 bridgehead atoms. The number of piperazine rings is 1. The lowest BCUT2D eigenvalue weighted by atomic mass is 9.87. The number of nitrogens with zero attached hydrogens (tertiary/aromatic N) is 10. The van der Waals surface area contributed by atoms with Crippen LogP contribution in [0.15, 0.2) is 109 Å². The number of esters is 1. The maximum absolute atomic E-state index is 15.6. The molecule has 6 N–H and O–H groups in total. The largest absolute Gasteiger partial charge is 0.493 e. The van der Waals surface area contributed by atoms with E-state index < -0.39 is 59.7 Å². The van der Waals surface area contributed by atoms with Crippen molar-refractivity contribution < 1.29 is 51.8 Å². The van der Waals surface area contributed by atoms with Gasteiger partial charge in [0.2, 0.25) is 12.6 Å². The van der Waals surface area contributed by atoms with E-state index in [0.29, 0.717) is 29.8 Å². The molecule has 3 amide bonds. The maximum Gasteiger partial charge on any atom is 0.418 e. The zero-order chi connectivity index (χ0) is 53.4. The van der Waals surface area contributed by atoms with Crippen molar-refractivity contribution in [2.24, 2.45) is 17.4 Å². The third kappa shape index (κ3) is 12.5. The smallest absolute Gasteiger partial charge is 0.418 e. The number of benzene rings is 3. The van der Waals surface area contributed by atoms with Crippen LogP contribution in [0, 0.1) is 17.6 Å². The minimum atomic E-state index is -1.26. The lowest BCUT2D eigenvalue weighted by molar-refractivity contribution is -0.753. The highest BCUT2D eigenvalue weighted by Crippen LogP contribution is 2.42. The van der Waals surface area contributed by atoms with E-state index in [1.54, 1.807) is 32.3 Å². The van der Waals surface area contributed by atoms with Gasteiger partial charge in [-0.25, -0.2) is 37.4 Å². The topological polar surface area (TPSA) is 257 Å². The molecular weight excluding hydrogens is 977 g/mol. The van der Waals surface area contributed by atoms with E-state index in [4.69, 9.17) is 30.4 Å². The third-order valence-corrected chi connectivity index (χ3v) is 13.4. The first-order valence-electron chi connectivity index (χ1n) is 24.6. The number of hydrogen-bond acceptors (Lipinski definition) is 15. The van der Waals surface area contributed by atoms with Crippen molar-refractivity contribution >= 4 is 35.3 Å². The predicted molar refractivity (Wildman–Crippen MR) is 269 cm³/mol. The predicted octanol–water partition coefficient (Wildman–Crippen LogP) is 3.69. The summed E-state index contributed by atoms with van der Waals surface area (Å²) in [5, 5.41) is 21.1. The molecule has 0 saturated carbocycles. The van der Waals surface area contributed by atoms with Gasteiger partial charge in [0.1, 0.15) is 54.3 Å². The lowest BCUT2D eigenvalue weighted by Crippen LogP contribution is -2.46. The SMILES string of the molecule is CC[C@@H]([C@H](C)O)n1ncn(-c2ccc(N3CCN(c4ccc(OC[C@@H]5CO[C@@](Cn6c[n+](C(C)OC(=O)N(C)c7ncccc7COC(=O)[C@@H](N)CNC(N)=O)cn6)(c6ccc(F)cc6F)C5)cc4)CC3)cc2)c1=O. The Balaban J connectivity index is 0.842. The van der Waals surface area contributed by atoms with Gasteiger partial charge in [-0.3, -0.25) is 9.69 Å². The van der Waals surface area contributed by atoms with E-state index in [9.17, 15) is 28.7 Å². The van der Waals surface area contributed by atoms with Gasteiger partial charge >= 0.3 is 23.8 Å². The van der Waals surface area contributed by atoms with Crippen LogP contribution < -0.4 is 46.5 Å². The van der Waals surface area contributed by atoms with Crippen molar-refractivity contribution in [2.75, 3.05) is 67.7 Å². The number of urea groups is 1. The average molecular weight is 1040 g/mol. The second kappa shape index (κ2) is 23.5. The second-order valence-corrected chi connectivity index (χ2v) is 18.6. The highest BCUT2D eigenvalue weighted by atomic mass is 19.1. The van der Waals surface area contributed by atoms with Gasteiger partial charge in [-0.05, 0) is 80.4 Å². The molecule has 3 aromatic heterocycles. The number of anilines is 3. The van der Waals surface area contributed by atoms with Crippen molar-refractivity contribution in [2.45, 2.75) is 76.8 Å². The van der Waals surface area contributed by atoms with Gasteiger partial charge in [0.15, 0.2) is 0 Å². The van der Waals surface area contributed by atoms with Gasteiger partial charge in [0, 0.05) is 92.5 Å². The number of aliphatic hydroxyl groups excluding tert-OH is 1. The molecule has 0 radical (unpaired) electrons. The van der Waals surface area contributed by atoms with Crippen LogP contribution in [-0.2, 0) is 37.8 Å². The highest BCUT2D eigenvalue weighted by molar-refractivity contribution is 5.86. The van der Waals surface area contributed by atoms with Crippen molar-refractivity contribution in [3.05, 3.63) is 137 Å². The van der Waals surface area contributed by atoms with Crippen LogP contribution in [0.2, 0.25) is 0 Å². The Morgan fingerprint density at radius 2 is 1.67 bits per heavy atom. The minimum Gasteiger partial charge on any atom is -0.493 e. The fourth-order valence-corrected chi connectivity index (χ4v) is 9.30. The van der Waals surface area contributed by atoms with E-state index in [0.717, 1.165) is 48.5 Å². The maximum atomic E-state index is 15.6. The molecule has 75 heavy (non-hydrogen) atoms. The summed E-state index contributed by atoms with van der Waals surface area (Å²) in [6, 6.07) is 19.9. The van der Waals surface area contributed by atoms with Gasteiger partial charge in [0.05, 0.1) is 31.0 Å². The summed E-state index contributed by atoms with van der Waals surface area (Å²) in [7, 11) is 1.44. The standard InChI is InChI=1S/C51H61F2N13O9/c1-5-45(33(2)67)66-49(70)65(31-59-66)40-11-9-38(10-12-40)61-19-21-62(22-20-61)39-13-15-41(16-14-39)72-26-35-24-51(74-27-35,42-17-8-37(52)23-43(42)53)29-64-32-63(30-58-64)34(3)75-50(71)60(4)46-36(7-6-18-56-46)28-73-47(68)44(54)25-57-48(55)69/h6-18,23,30-35,44-45,67H,5,19-22,24-29,54H2,1-4H3,(H2-,55,57,69)/p+1/t33-,34?,35+,44-,45-,51-/m0/s1. The Labute approximate surface area is 430 Å². The van der Waals surface area contributed by atoms with Crippen molar-refractivity contribution in [3.63, 3.8) is 0 Å². The number of primary amides is 1. The zero-order valence-electron chi connectivity index (χ0n) is 42.1. The summed E-state index contributed by atoms with van der Waals surface area (Å²) in [5.74, 6) is -1.66. The van der Waals surface area contributed by atoms with E-state index >= 15 is 4.39 Å². The van der Waals surface area contributed by atoms with Crippen molar-refractivity contribution in [3.8, 4) is 11.4 Å². The van der Waals surface area contributed by atoms with E-state index in [-0.39, 0.29) is 55.9 Å². The van der Waals surface area contributed by atoms with Crippen molar-refractivity contribution in [1.29, 1.82) is 0 Å². The molecule has 8 rings (SSSR count). The molecule has 3 aromatic carbocycles. The van der Waals surface area contributed by atoms with Gasteiger partial charge in [-0.15, -0.1) is 4.68 Å². The lowest BCUT2D eigenvalue weighted by Gasteiger charge is -2.37. The minimum absolute atomic E-state index is 0.0317. The normalized spacial score (nSPS) is 18.2. The van der Waals surface area contributed by atoms with Gasteiger partial charge in [-0.1, -0.05) is 19.1 Å². The summed E-state index contributed by atoms with van der Waals surface area (Å²) in [6.07, 6.45) is 4.48. The Hall–Kier alpha value is -7.96. The highest BCUT2D eigenvalue weighted by Gasteiger charge is 2.46. The Morgan fingerprint density at radius 3 is 2.32 bits per heavy atom. The third-order valence-electron chi connectivity index (χ3n) is 13.4. The summed E-state index contributed by atoms with van der Waals surface area (Å²) >= 11 is 0. The van der Waals surface area contributed by atoms with Crippen LogP contribution in [0.4, 0.5) is 35.6 Å². The molecule has 0 aliphatic carbocycles. The molecule has 5 heterocycles. The van der Waals surface area contributed by atoms with Crippen LogP contribution in [0.5, 0.6) is 5.75 Å². The van der Waals surface area contributed by atoms with Crippen LogP contribution in [0.1, 0.15) is 57.0 Å². The number of ether oxygens (including phenoxy) is 4. The second-order valence-electron chi connectivity index (χ2n) is 18.6. The summed E-state index contributed by atoms with van der Waals surface area (Å²) < 4.78 is 59.5. The number of halogens is 2. The van der Waals surface area contributed by atoms with E-state index in [2.05, 4.69) is 30.3 Å². The fourth-order valence-electron chi connectivity index (χ4n) is 9.30. The number of nitrogens with two attached hydrogens (primary N) is 2. The first-order chi connectivity index (χ1) is 36.0. The number of nitrogens with one attached hydrogen (secondary N) is 1. The molecule has 24 heteroatoms. The summed E-state index contributed by atoms with van der Waals surface area (Å²) in [6.45, 7) is 8.36. The molecule has 6 atom stereocenters. The molecule has 1 unspecified atom stereocenters. The quantitative estimate of drug-likeness (QED) is 0.0628. The van der Waals surface area contributed by atoms with E-state index in [1.807, 2.05) is 55.5 Å². The van der Waals surface area contributed by atoms with Gasteiger partial charge < -0.3 is 50.6 Å². The first kappa shape index (κ1) is 53.3. The number of carbonyl (C=O) groups excluding carboxylic acids is 3. The average Bonchev–Trinajstić information content (AvgIpc) is 4.16. The van der Waals surface area contributed by atoms with E-state index in [1.165, 1.54) is 56.5 Å². The number of aliphatic hydroxyl groups is 1. The van der Waals surface area contributed by atoms with Crippen molar-refractivity contribution in [1.82, 2.24) is 34.4 Å². The molecule has 2 aliphatic heterocycles. The molecule has 0 spiro atoms. The van der Waals surface area contributed by atoms with Crippen LogP contribution in [0.3, 0.4) is 0 Å². The summed E-state index contributed by atoms with van der Waals surface area (Å²) in [5.41, 5.74) is 12.6. The Bertz CT molecular complexity index is 2980. The molecule has 398 valence electrons. The zero-order valence-corrected chi connectivity index (χ0v) is 42.1. The van der Waals surface area contributed by atoms with Gasteiger partial charge in [0.25, 0.3) is 6.33 Å². The number of hydrogen-bond donors (Lipinski definition) is 4. The molecule has 2 fully saturated rings. The molecule has 2 saturated heterocycles. The first-order valence-corrected chi connectivity index (χ1v) is 24.6. The molecule has 6 aromatic rings. The number of pyridine rings is 1.